The van der Waals surface area contributed by atoms with Gasteiger partial charge in [0.25, 0.3) is 0 Å². The van der Waals surface area contributed by atoms with Crippen molar-refractivity contribution in [3.05, 3.63) is 75.1 Å². The molecule has 0 aliphatic heterocycles. The lowest BCUT2D eigenvalue weighted by Gasteiger charge is -2.10. The molecule has 21 heavy (non-hydrogen) atoms. The summed E-state index contributed by atoms with van der Waals surface area (Å²) >= 11 is 6.19. The van der Waals surface area contributed by atoms with Gasteiger partial charge < -0.3 is 9.15 Å². The summed E-state index contributed by atoms with van der Waals surface area (Å²) in [5.41, 5.74) is 1.98. The van der Waals surface area contributed by atoms with Crippen LogP contribution in [0.2, 0.25) is 5.02 Å². The fraction of sp³-hybridized carbons (Fsp3) is 0.118. The summed E-state index contributed by atoms with van der Waals surface area (Å²) in [5.74, 6) is 0.574. The van der Waals surface area contributed by atoms with Crippen molar-refractivity contribution >= 4 is 22.6 Å². The van der Waals surface area contributed by atoms with Crippen molar-refractivity contribution in [2.45, 2.75) is 13.5 Å². The second-order valence-electron chi connectivity index (χ2n) is 4.80. The van der Waals surface area contributed by atoms with E-state index in [1.165, 1.54) is 6.07 Å². The highest BCUT2D eigenvalue weighted by atomic mass is 35.5. The van der Waals surface area contributed by atoms with Crippen molar-refractivity contribution in [2.75, 3.05) is 0 Å². The molecule has 2 aromatic carbocycles. The number of aryl methyl sites for hydroxylation is 1. The molecule has 0 radical (unpaired) electrons. The van der Waals surface area contributed by atoms with Gasteiger partial charge in [0, 0.05) is 17.5 Å². The van der Waals surface area contributed by atoms with Gasteiger partial charge in [-0.05, 0) is 24.1 Å². The molecule has 0 spiro atoms. The average Bonchev–Trinajstić information content (AvgIpc) is 2.46. The Morgan fingerprint density at radius 2 is 1.90 bits per heavy atom. The van der Waals surface area contributed by atoms with E-state index in [1.54, 1.807) is 12.1 Å². The topological polar surface area (TPSA) is 39.4 Å². The molecule has 0 fully saturated rings. The first-order valence-electron chi connectivity index (χ1n) is 6.54. The minimum Gasteiger partial charge on any atom is -0.487 e. The Morgan fingerprint density at radius 1 is 1.14 bits per heavy atom. The van der Waals surface area contributed by atoms with Crippen molar-refractivity contribution in [3.63, 3.8) is 0 Å². The quantitative estimate of drug-likeness (QED) is 0.676. The predicted octanol–water partition coefficient (Wildman–Crippen LogP) is 4.33. The summed E-state index contributed by atoms with van der Waals surface area (Å²) < 4.78 is 10.9. The molecule has 0 amide bonds. The molecule has 1 heterocycles. The summed E-state index contributed by atoms with van der Waals surface area (Å²) in [6, 6.07) is 14.7. The van der Waals surface area contributed by atoms with Crippen LogP contribution in [-0.2, 0) is 6.61 Å². The van der Waals surface area contributed by atoms with Crippen molar-refractivity contribution in [3.8, 4) is 5.75 Å². The number of hydrogen-bond donors (Lipinski definition) is 0. The van der Waals surface area contributed by atoms with Gasteiger partial charge in [-0.1, -0.05) is 41.9 Å². The number of hydrogen-bond acceptors (Lipinski definition) is 3. The lowest BCUT2D eigenvalue weighted by atomic mass is 10.1. The third-order valence-electron chi connectivity index (χ3n) is 3.24. The summed E-state index contributed by atoms with van der Waals surface area (Å²) in [6.07, 6.45) is 0. The van der Waals surface area contributed by atoms with Gasteiger partial charge in [-0.3, -0.25) is 0 Å². The SMILES string of the molecule is Cc1cc(=O)oc2cc(Cl)c(OCc3ccccc3)cc12. The Morgan fingerprint density at radius 3 is 2.67 bits per heavy atom. The fourth-order valence-corrected chi connectivity index (χ4v) is 2.37. The van der Waals surface area contributed by atoms with Crippen LogP contribution in [0.4, 0.5) is 0 Å². The van der Waals surface area contributed by atoms with Gasteiger partial charge in [-0.25, -0.2) is 4.79 Å². The molecule has 3 aromatic rings. The van der Waals surface area contributed by atoms with Crippen LogP contribution in [0, 0.1) is 6.92 Å². The summed E-state index contributed by atoms with van der Waals surface area (Å²) in [5, 5.41) is 1.24. The minimum absolute atomic E-state index is 0.381. The van der Waals surface area contributed by atoms with E-state index < -0.39 is 0 Å². The second-order valence-corrected chi connectivity index (χ2v) is 5.21. The van der Waals surface area contributed by atoms with E-state index in [-0.39, 0.29) is 5.63 Å². The van der Waals surface area contributed by atoms with Crippen molar-refractivity contribution in [2.24, 2.45) is 0 Å². The maximum Gasteiger partial charge on any atom is 0.336 e. The third kappa shape index (κ3) is 2.93. The minimum atomic E-state index is -0.381. The van der Waals surface area contributed by atoms with E-state index in [1.807, 2.05) is 37.3 Å². The third-order valence-corrected chi connectivity index (χ3v) is 3.54. The molecule has 3 rings (SSSR count). The smallest absolute Gasteiger partial charge is 0.336 e. The van der Waals surface area contributed by atoms with Gasteiger partial charge in [0.15, 0.2) is 0 Å². The summed E-state index contributed by atoms with van der Waals surface area (Å²) in [7, 11) is 0. The van der Waals surface area contributed by atoms with Gasteiger partial charge in [0.05, 0.1) is 5.02 Å². The van der Waals surface area contributed by atoms with Crippen molar-refractivity contribution < 1.29 is 9.15 Å². The molecular formula is C17H13ClO3. The molecule has 0 aliphatic carbocycles. The molecule has 0 N–H and O–H groups in total. The van der Waals surface area contributed by atoms with Crippen LogP contribution >= 0.6 is 11.6 Å². The lowest BCUT2D eigenvalue weighted by Crippen LogP contribution is -1.99. The number of fused-ring (bicyclic) bond motifs is 1. The van der Waals surface area contributed by atoms with E-state index in [0.717, 1.165) is 16.5 Å². The lowest BCUT2D eigenvalue weighted by molar-refractivity contribution is 0.306. The Labute approximate surface area is 126 Å². The maximum atomic E-state index is 11.4. The number of ether oxygens (including phenoxy) is 1. The molecule has 0 saturated heterocycles. The molecule has 0 aliphatic rings. The second kappa shape index (κ2) is 5.62. The first-order valence-corrected chi connectivity index (χ1v) is 6.92. The van der Waals surface area contributed by atoms with E-state index in [2.05, 4.69) is 0 Å². The van der Waals surface area contributed by atoms with Gasteiger partial charge in [0.1, 0.15) is 17.9 Å². The monoisotopic (exact) mass is 300 g/mol. The summed E-state index contributed by atoms with van der Waals surface area (Å²) in [6.45, 7) is 2.29. The molecule has 3 nitrogen and oxygen atoms in total. The van der Waals surface area contributed by atoms with Crippen LogP contribution in [-0.4, -0.2) is 0 Å². The highest BCUT2D eigenvalue weighted by Gasteiger charge is 2.09. The number of benzene rings is 2. The van der Waals surface area contributed by atoms with Crippen LogP contribution in [0.5, 0.6) is 5.75 Å². The largest absolute Gasteiger partial charge is 0.487 e. The molecule has 106 valence electrons. The normalized spacial score (nSPS) is 10.8. The Balaban J connectivity index is 1.95. The molecule has 1 aromatic heterocycles. The molecule has 0 saturated carbocycles. The highest BCUT2D eigenvalue weighted by Crippen LogP contribution is 2.31. The first-order chi connectivity index (χ1) is 10.1. The van der Waals surface area contributed by atoms with Crippen molar-refractivity contribution in [1.82, 2.24) is 0 Å². The molecule has 0 bridgehead atoms. The van der Waals surface area contributed by atoms with Crippen LogP contribution in [0.25, 0.3) is 11.0 Å². The Hall–Kier alpha value is -2.26. The van der Waals surface area contributed by atoms with E-state index in [0.29, 0.717) is 23.0 Å². The highest BCUT2D eigenvalue weighted by molar-refractivity contribution is 6.32. The van der Waals surface area contributed by atoms with Crippen LogP contribution in [0.1, 0.15) is 11.1 Å². The van der Waals surface area contributed by atoms with E-state index >= 15 is 0 Å². The Kier molecular flexibility index (Phi) is 3.67. The zero-order valence-corrected chi connectivity index (χ0v) is 12.2. The molecule has 4 heteroatoms. The van der Waals surface area contributed by atoms with Gasteiger partial charge in [0.2, 0.25) is 0 Å². The summed E-state index contributed by atoms with van der Waals surface area (Å²) in [4.78, 5) is 11.4. The van der Waals surface area contributed by atoms with Crippen LogP contribution in [0.3, 0.4) is 0 Å². The fourth-order valence-electron chi connectivity index (χ4n) is 2.17. The van der Waals surface area contributed by atoms with Crippen LogP contribution in [0.15, 0.2) is 57.7 Å². The van der Waals surface area contributed by atoms with Gasteiger partial charge in [-0.15, -0.1) is 0 Å². The molecular weight excluding hydrogens is 288 g/mol. The van der Waals surface area contributed by atoms with Crippen molar-refractivity contribution in [1.29, 1.82) is 0 Å². The zero-order chi connectivity index (χ0) is 14.8. The first kappa shape index (κ1) is 13.7. The van der Waals surface area contributed by atoms with Crippen LogP contribution < -0.4 is 10.4 Å². The average molecular weight is 301 g/mol. The standard InChI is InChI=1S/C17H13ClO3/c1-11-7-17(19)21-15-9-14(18)16(8-13(11)15)20-10-12-5-3-2-4-6-12/h2-9H,10H2,1H3. The van der Waals surface area contributed by atoms with Gasteiger partial charge in [-0.2, -0.15) is 0 Å². The predicted molar refractivity (Wildman–Crippen MR) is 83.0 cm³/mol. The van der Waals surface area contributed by atoms with E-state index in [4.69, 9.17) is 20.8 Å². The molecule has 0 unspecified atom stereocenters. The van der Waals surface area contributed by atoms with Gasteiger partial charge >= 0.3 is 5.63 Å². The molecule has 0 atom stereocenters. The van der Waals surface area contributed by atoms with E-state index in [9.17, 15) is 4.79 Å². The maximum absolute atomic E-state index is 11.4. The Bertz CT molecular complexity index is 838. The number of rotatable bonds is 3. The zero-order valence-electron chi connectivity index (χ0n) is 11.4. The number of halogens is 1.